The van der Waals surface area contributed by atoms with E-state index in [1.54, 1.807) is 18.2 Å². The number of alkyl halides is 3. The summed E-state index contributed by atoms with van der Waals surface area (Å²) in [6.45, 7) is 0.347. The van der Waals surface area contributed by atoms with Crippen LogP contribution in [0.4, 0.5) is 18.9 Å². The Hall–Kier alpha value is -2.37. The minimum atomic E-state index is -4.69. The fourth-order valence-corrected chi connectivity index (χ4v) is 1.64. The molecule has 2 N–H and O–H groups in total. The lowest BCUT2D eigenvalue weighted by Gasteiger charge is -2.11. The largest absolute Gasteiger partial charge is 0.573 e. The van der Waals surface area contributed by atoms with Gasteiger partial charge in [-0.15, -0.1) is 13.2 Å². The molecule has 0 aliphatic carbocycles. The third-order valence-corrected chi connectivity index (χ3v) is 2.50. The van der Waals surface area contributed by atoms with E-state index in [1.807, 2.05) is 0 Å². The van der Waals surface area contributed by atoms with Crippen LogP contribution in [-0.4, -0.2) is 11.5 Å². The summed E-state index contributed by atoms with van der Waals surface area (Å²) in [6.07, 6.45) is -4.69. The lowest BCUT2D eigenvalue weighted by molar-refractivity contribution is -0.274. The van der Waals surface area contributed by atoms with Crippen molar-refractivity contribution in [2.24, 2.45) is 0 Å². The molecule has 2 aromatic carbocycles. The first-order chi connectivity index (χ1) is 9.42. The van der Waals surface area contributed by atoms with Crippen molar-refractivity contribution in [1.29, 1.82) is 0 Å². The zero-order chi connectivity index (χ0) is 14.6. The van der Waals surface area contributed by atoms with E-state index in [2.05, 4.69) is 10.1 Å². The molecule has 0 aromatic heterocycles. The number of rotatable bonds is 4. The van der Waals surface area contributed by atoms with Crippen LogP contribution in [0.5, 0.6) is 11.5 Å². The maximum absolute atomic E-state index is 12.1. The van der Waals surface area contributed by atoms with Gasteiger partial charge in [0.1, 0.15) is 11.5 Å². The van der Waals surface area contributed by atoms with Gasteiger partial charge in [-0.25, -0.2) is 0 Å². The molecule has 0 bridgehead atoms. The van der Waals surface area contributed by atoms with Gasteiger partial charge in [-0.1, -0.05) is 12.1 Å². The zero-order valence-corrected chi connectivity index (χ0v) is 10.3. The standard InChI is InChI=1S/C14H12F3NO2/c15-14(16,17)20-13-3-1-2-10(8-13)9-18-11-4-6-12(19)7-5-11/h1-8,18-19H,9H2. The molecule has 0 heterocycles. The van der Waals surface area contributed by atoms with Crippen molar-refractivity contribution in [3.05, 3.63) is 54.1 Å². The monoisotopic (exact) mass is 283 g/mol. The van der Waals surface area contributed by atoms with Crippen LogP contribution in [-0.2, 0) is 6.54 Å². The topological polar surface area (TPSA) is 41.5 Å². The van der Waals surface area contributed by atoms with Crippen LogP contribution in [0.25, 0.3) is 0 Å². The van der Waals surface area contributed by atoms with Gasteiger partial charge < -0.3 is 15.2 Å². The minimum absolute atomic E-state index is 0.149. The highest BCUT2D eigenvalue weighted by atomic mass is 19.4. The van der Waals surface area contributed by atoms with E-state index in [9.17, 15) is 13.2 Å². The van der Waals surface area contributed by atoms with Crippen molar-refractivity contribution in [2.45, 2.75) is 12.9 Å². The van der Waals surface area contributed by atoms with Crippen molar-refractivity contribution in [2.75, 3.05) is 5.32 Å². The Labute approximate surface area is 113 Å². The molecular formula is C14H12F3NO2. The number of hydrogen-bond donors (Lipinski definition) is 2. The van der Waals surface area contributed by atoms with Gasteiger partial charge in [-0.3, -0.25) is 0 Å². The Morgan fingerprint density at radius 1 is 1.05 bits per heavy atom. The smallest absolute Gasteiger partial charge is 0.508 e. The molecule has 0 amide bonds. The van der Waals surface area contributed by atoms with E-state index in [0.717, 1.165) is 5.69 Å². The molecular weight excluding hydrogens is 271 g/mol. The van der Waals surface area contributed by atoms with Crippen LogP contribution in [0.15, 0.2) is 48.5 Å². The third-order valence-electron chi connectivity index (χ3n) is 2.50. The average molecular weight is 283 g/mol. The van der Waals surface area contributed by atoms with Gasteiger partial charge in [-0.05, 0) is 42.0 Å². The number of nitrogens with one attached hydrogen (secondary N) is 1. The molecule has 0 atom stereocenters. The molecule has 3 nitrogen and oxygen atoms in total. The van der Waals surface area contributed by atoms with Gasteiger partial charge >= 0.3 is 6.36 Å². The summed E-state index contributed by atoms with van der Waals surface area (Å²) < 4.78 is 40.1. The van der Waals surface area contributed by atoms with Crippen molar-refractivity contribution < 1.29 is 23.0 Å². The van der Waals surface area contributed by atoms with Crippen LogP contribution in [0.3, 0.4) is 0 Å². The highest BCUT2D eigenvalue weighted by Gasteiger charge is 2.31. The lowest BCUT2D eigenvalue weighted by Crippen LogP contribution is -2.17. The number of phenolic OH excluding ortho intramolecular Hbond substituents is 1. The number of aromatic hydroxyl groups is 1. The first kappa shape index (κ1) is 14.0. The van der Waals surface area contributed by atoms with E-state index in [-0.39, 0.29) is 11.5 Å². The van der Waals surface area contributed by atoms with Crippen molar-refractivity contribution in [1.82, 2.24) is 0 Å². The highest BCUT2D eigenvalue weighted by molar-refractivity contribution is 5.46. The number of hydrogen-bond acceptors (Lipinski definition) is 3. The Balaban J connectivity index is 1.99. The summed E-state index contributed by atoms with van der Waals surface area (Å²) in [4.78, 5) is 0. The quantitative estimate of drug-likeness (QED) is 0.836. The second kappa shape index (κ2) is 5.73. The molecule has 0 saturated heterocycles. The molecule has 106 valence electrons. The fourth-order valence-electron chi connectivity index (χ4n) is 1.64. The molecule has 6 heteroatoms. The van der Waals surface area contributed by atoms with Gasteiger partial charge in [0.15, 0.2) is 0 Å². The normalized spacial score (nSPS) is 11.2. The summed E-state index contributed by atoms with van der Waals surface area (Å²) >= 11 is 0. The summed E-state index contributed by atoms with van der Waals surface area (Å²) in [5.41, 5.74) is 1.41. The van der Waals surface area contributed by atoms with Gasteiger partial charge in [0.25, 0.3) is 0 Å². The van der Waals surface area contributed by atoms with Crippen LogP contribution >= 0.6 is 0 Å². The fraction of sp³-hybridized carbons (Fsp3) is 0.143. The van der Waals surface area contributed by atoms with E-state index in [0.29, 0.717) is 12.1 Å². The summed E-state index contributed by atoms with van der Waals surface area (Å²) in [7, 11) is 0. The van der Waals surface area contributed by atoms with E-state index >= 15 is 0 Å². The second-order valence-electron chi connectivity index (χ2n) is 4.10. The summed E-state index contributed by atoms with van der Waals surface area (Å²) in [5, 5.41) is 12.2. The third kappa shape index (κ3) is 4.38. The molecule has 0 fully saturated rings. The number of phenols is 1. The van der Waals surface area contributed by atoms with Crippen LogP contribution in [0, 0.1) is 0 Å². The van der Waals surface area contributed by atoms with Crippen molar-refractivity contribution in [3.8, 4) is 11.5 Å². The molecule has 20 heavy (non-hydrogen) atoms. The Morgan fingerprint density at radius 2 is 1.75 bits per heavy atom. The molecule has 0 saturated carbocycles. The summed E-state index contributed by atoms with van der Waals surface area (Å²) in [5.74, 6) is -0.0985. The van der Waals surface area contributed by atoms with Gasteiger partial charge in [0.05, 0.1) is 0 Å². The predicted octanol–water partition coefficient (Wildman–Crippen LogP) is 3.90. The molecule has 2 aromatic rings. The first-order valence-electron chi connectivity index (χ1n) is 5.80. The SMILES string of the molecule is Oc1ccc(NCc2cccc(OC(F)(F)F)c2)cc1. The Kier molecular flexibility index (Phi) is 4.02. The van der Waals surface area contributed by atoms with E-state index in [4.69, 9.17) is 5.11 Å². The highest BCUT2D eigenvalue weighted by Crippen LogP contribution is 2.23. The Morgan fingerprint density at radius 3 is 2.40 bits per heavy atom. The van der Waals surface area contributed by atoms with E-state index < -0.39 is 6.36 Å². The van der Waals surface area contributed by atoms with Gasteiger partial charge in [0, 0.05) is 12.2 Å². The molecule has 2 rings (SSSR count). The molecule has 0 aliphatic heterocycles. The van der Waals surface area contributed by atoms with Gasteiger partial charge in [0.2, 0.25) is 0 Å². The van der Waals surface area contributed by atoms with Crippen LogP contribution < -0.4 is 10.1 Å². The minimum Gasteiger partial charge on any atom is -0.508 e. The van der Waals surface area contributed by atoms with E-state index in [1.165, 1.54) is 30.3 Å². The summed E-state index contributed by atoms with van der Waals surface area (Å²) in [6, 6.07) is 12.1. The first-order valence-corrected chi connectivity index (χ1v) is 5.80. The predicted molar refractivity (Wildman–Crippen MR) is 68.6 cm³/mol. The maximum atomic E-state index is 12.1. The maximum Gasteiger partial charge on any atom is 0.573 e. The zero-order valence-electron chi connectivity index (χ0n) is 10.3. The number of ether oxygens (including phenoxy) is 1. The number of halogens is 3. The van der Waals surface area contributed by atoms with Gasteiger partial charge in [-0.2, -0.15) is 0 Å². The van der Waals surface area contributed by atoms with Crippen LogP contribution in [0.2, 0.25) is 0 Å². The molecule has 0 aliphatic rings. The second-order valence-corrected chi connectivity index (χ2v) is 4.10. The molecule has 0 spiro atoms. The Bertz CT molecular complexity index is 567. The molecule has 0 radical (unpaired) electrons. The molecule has 0 unspecified atom stereocenters. The van der Waals surface area contributed by atoms with Crippen molar-refractivity contribution in [3.63, 3.8) is 0 Å². The number of anilines is 1. The van der Waals surface area contributed by atoms with Crippen LogP contribution in [0.1, 0.15) is 5.56 Å². The lowest BCUT2D eigenvalue weighted by atomic mass is 10.2. The van der Waals surface area contributed by atoms with Crippen molar-refractivity contribution >= 4 is 5.69 Å². The average Bonchev–Trinajstić information content (AvgIpc) is 2.36. The number of benzene rings is 2.